The fourth-order valence-electron chi connectivity index (χ4n) is 1.80. The average Bonchev–Trinajstić information content (AvgIpc) is 2.52. The number of hydrogen-bond acceptors (Lipinski definition) is 5. The number of carbonyl (C=O) groups excluding carboxylic acids is 2. The molecule has 140 valence electrons. The van der Waals surface area contributed by atoms with Crippen molar-refractivity contribution in [2.24, 2.45) is 0 Å². The number of hydrogen-bond donors (Lipinski definition) is 2. The molecule has 0 atom stereocenters. The second kappa shape index (κ2) is 10.9. The normalized spacial score (nSPS) is 10.9. The zero-order valence-corrected chi connectivity index (χ0v) is 16.2. The predicted molar refractivity (Wildman–Crippen MR) is 102 cm³/mol. The van der Waals surface area contributed by atoms with Crippen LogP contribution in [0.15, 0.2) is 24.3 Å². The summed E-state index contributed by atoms with van der Waals surface area (Å²) >= 11 is 1.44. The van der Waals surface area contributed by atoms with Gasteiger partial charge in [-0.3, -0.25) is 4.79 Å². The molecule has 0 aliphatic rings. The summed E-state index contributed by atoms with van der Waals surface area (Å²) in [5, 5.41) is 5.51. The van der Waals surface area contributed by atoms with Gasteiger partial charge in [-0.15, -0.1) is 0 Å². The topological polar surface area (TPSA) is 76.7 Å². The summed E-state index contributed by atoms with van der Waals surface area (Å²) in [5.74, 6) is 1.50. The van der Waals surface area contributed by atoms with Crippen LogP contribution in [0.2, 0.25) is 0 Å². The molecule has 1 rings (SSSR count). The molecular weight excluding hydrogens is 340 g/mol. The summed E-state index contributed by atoms with van der Waals surface area (Å²) in [6.07, 6.45) is 0.461. The van der Waals surface area contributed by atoms with Crippen LogP contribution in [0.5, 0.6) is 5.75 Å². The van der Waals surface area contributed by atoms with Crippen molar-refractivity contribution in [2.45, 2.75) is 39.7 Å². The summed E-state index contributed by atoms with van der Waals surface area (Å²) in [6, 6.07) is 7.38. The van der Waals surface area contributed by atoms with Crippen molar-refractivity contribution in [2.75, 3.05) is 30.0 Å². The highest BCUT2D eigenvalue weighted by atomic mass is 32.2. The molecule has 0 aromatic heterocycles. The molecule has 0 bridgehead atoms. The first kappa shape index (κ1) is 21.2. The van der Waals surface area contributed by atoms with E-state index in [-0.39, 0.29) is 5.91 Å². The van der Waals surface area contributed by atoms with Crippen molar-refractivity contribution in [3.8, 4) is 5.75 Å². The quantitative estimate of drug-likeness (QED) is 0.650. The van der Waals surface area contributed by atoms with Crippen LogP contribution in [-0.2, 0) is 9.53 Å². The van der Waals surface area contributed by atoms with Gasteiger partial charge < -0.3 is 20.1 Å². The van der Waals surface area contributed by atoms with Crippen molar-refractivity contribution < 1.29 is 19.1 Å². The summed E-state index contributed by atoms with van der Waals surface area (Å²) in [6.45, 7) is 8.53. The van der Waals surface area contributed by atoms with Crippen LogP contribution < -0.4 is 15.4 Å². The van der Waals surface area contributed by atoms with E-state index in [0.717, 1.165) is 6.42 Å². The molecule has 0 spiro atoms. The fourth-order valence-corrected chi connectivity index (χ4v) is 2.45. The summed E-state index contributed by atoms with van der Waals surface area (Å²) in [4.78, 5) is 23.5. The van der Waals surface area contributed by atoms with Gasteiger partial charge in [-0.2, -0.15) is 11.8 Å². The van der Waals surface area contributed by atoms with Gasteiger partial charge in [0.05, 0.1) is 18.0 Å². The highest BCUT2D eigenvalue weighted by molar-refractivity contribution is 7.99. The fraction of sp³-hybridized carbons (Fsp3) is 0.556. The van der Waals surface area contributed by atoms with E-state index in [1.54, 1.807) is 0 Å². The Hall–Kier alpha value is -1.89. The predicted octanol–water partition coefficient (Wildman–Crippen LogP) is 3.67. The van der Waals surface area contributed by atoms with E-state index in [4.69, 9.17) is 9.47 Å². The van der Waals surface area contributed by atoms with Gasteiger partial charge in [0.2, 0.25) is 5.91 Å². The highest BCUT2D eigenvalue weighted by Gasteiger charge is 2.15. The van der Waals surface area contributed by atoms with Crippen LogP contribution in [0.25, 0.3) is 0 Å². The van der Waals surface area contributed by atoms with E-state index in [9.17, 15) is 9.59 Å². The second-order valence-corrected chi connectivity index (χ2v) is 7.48. The molecule has 2 amide bonds. The average molecular weight is 368 g/mol. The molecule has 0 saturated heterocycles. The molecule has 0 radical (unpaired) electrons. The lowest BCUT2D eigenvalue weighted by Crippen LogP contribution is -2.33. The molecule has 2 N–H and O–H groups in total. The Labute approximate surface area is 154 Å². The number of benzene rings is 1. The van der Waals surface area contributed by atoms with Gasteiger partial charge >= 0.3 is 6.09 Å². The molecule has 0 heterocycles. The first-order chi connectivity index (χ1) is 11.8. The zero-order chi connectivity index (χ0) is 18.7. The molecule has 25 heavy (non-hydrogen) atoms. The lowest BCUT2D eigenvalue weighted by molar-refractivity contribution is -0.113. The Morgan fingerprint density at radius 1 is 1.20 bits per heavy atom. The molecule has 0 aliphatic heterocycles. The highest BCUT2D eigenvalue weighted by Crippen LogP contribution is 2.24. The maximum absolute atomic E-state index is 12.0. The van der Waals surface area contributed by atoms with Gasteiger partial charge in [-0.25, -0.2) is 4.79 Å². The van der Waals surface area contributed by atoms with Crippen LogP contribution in [0.1, 0.15) is 34.1 Å². The number of alkyl carbamates (subject to hydrolysis) is 1. The zero-order valence-electron chi connectivity index (χ0n) is 15.4. The van der Waals surface area contributed by atoms with Crippen LogP contribution >= 0.6 is 11.8 Å². The molecule has 0 aliphatic carbocycles. The molecule has 0 saturated carbocycles. The van der Waals surface area contributed by atoms with Gasteiger partial charge in [-0.05, 0) is 39.3 Å². The smallest absolute Gasteiger partial charge is 0.407 e. The molecule has 0 unspecified atom stereocenters. The van der Waals surface area contributed by atoms with E-state index in [1.807, 2.05) is 52.0 Å². The number of amides is 2. The number of para-hydroxylation sites is 2. The number of thioether (sulfide) groups is 1. The van der Waals surface area contributed by atoms with Crippen LogP contribution in [0.4, 0.5) is 10.5 Å². The summed E-state index contributed by atoms with van der Waals surface area (Å²) in [7, 11) is 0. The van der Waals surface area contributed by atoms with Crippen molar-refractivity contribution in [1.82, 2.24) is 5.32 Å². The number of carbonyl (C=O) groups is 2. The standard InChI is InChI=1S/C18H28N2O4S/c1-5-11-23-15-9-7-6-8-14(15)20-16(21)13-25-12-10-19-17(22)24-18(2,3)4/h6-9H,5,10-13H2,1-4H3,(H,19,22)(H,20,21). The minimum Gasteiger partial charge on any atom is -0.491 e. The van der Waals surface area contributed by atoms with Gasteiger partial charge in [0.25, 0.3) is 0 Å². The Morgan fingerprint density at radius 3 is 2.60 bits per heavy atom. The first-order valence-electron chi connectivity index (χ1n) is 8.38. The Balaban J connectivity index is 2.26. The molecule has 6 nitrogen and oxygen atoms in total. The van der Waals surface area contributed by atoms with E-state index >= 15 is 0 Å². The van der Waals surface area contributed by atoms with E-state index < -0.39 is 11.7 Å². The third kappa shape index (κ3) is 9.86. The summed E-state index contributed by atoms with van der Waals surface area (Å²) in [5.41, 5.74) is 0.165. The molecule has 7 heteroatoms. The van der Waals surface area contributed by atoms with E-state index in [2.05, 4.69) is 10.6 Å². The van der Waals surface area contributed by atoms with Crippen molar-refractivity contribution in [3.63, 3.8) is 0 Å². The Morgan fingerprint density at radius 2 is 1.92 bits per heavy atom. The van der Waals surface area contributed by atoms with Crippen molar-refractivity contribution in [3.05, 3.63) is 24.3 Å². The van der Waals surface area contributed by atoms with E-state index in [0.29, 0.717) is 36.1 Å². The van der Waals surface area contributed by atoms with Crippen LogP contribution in [0, 0.1) is 0 Å². The number of nitrogens with one attached hydrogen (secondary N) is 2. The molecule has 0 fully saturated rings. The molecule has 1 aromatic rings. The van der Waals surface area contributed by atoms with Gasteiger partial charge in [0.15, 0.2) is 0 Å². The van der Waals surface area contributed by atoms with Crippen LogP contribution in [-0.4, -0.2) is 42.3 Å². The van der Waals surface area contributed by atoms with Gasteiger partial charge in [0.1, 0.15) is 11.4 Å². The monoisotopic (exact) mass is 368 g/mol. The summed E-state index contributed by atoms with van der Waals surface area (Å²) < 4.78 is 10.8. The van der Waals surface area contributed by atoms with E-state index in [1.165, 1.54) is 11.8 Å². The Bertz CT molecular complexity index is 558. The maximum Gasteiger partial charge on any atom is 0.407 e. The largest absolute Gasteiger partial charge is 0.491 e. The molecular formula is C18H28N2O4S. The number of anilines is 1. The van der Waals surface area contributed by atoms with Crippen molar-refractivity contribution >= 4 is 29.4 Å². The number of ether oxygens (including phenoxy) is 2. The molecule has 1 aromatic carbocycles. The van der Waals surface area contributed by atoms with Crippen molar-refractivity contribution in [1.29, 1.82) is 0 Å². The minimum atomic E-state index is -0.510. The SMILES string of the molecule is CCCOc1ccccc1NC(=O)CSCCNC(=O)OC(C)(C)C. The first-order valence-corrected chi connectivity index (χ1v) is 9.53. The third-order valence-corrected chi connectivity index (χ3v) is 3.73. The van der Waals surface area contributed by atoms with Gasteiger partial charge in [0, 0.05) is 12.3 Å². The third-order valence-electron chi connectivity index (χ3n) is 2.77. The van der Waals surface area contributed by atoms with Gasteiger partial charge in [-0.1, -0.05) is 19.1 Å². The Kier molecular flexibility index (Phi) is 9.20. The maximum atomic E-state index is 12.0. The lowest BCUT2D eigenvalue weighted by atomic mass is 10.2. The minimum absolute atomic E-state index is 0.102. The number of rotatable bonds is 9. The second-order valence-electron chi connectivity index (χ2n) is 6.37. The lowest BCUT2D eigenvalue weighted by Gasteiger charge is -2.19. The van der Waals surface area contributed by atoms with Crippen LogP contribution in [0.3, 0.4) is 0 Å².